The summed E-state index contributed by atoms with van der Waals surface area (Å²) in [6.45, 7) is 0. The van der Waals surface area contributed by atoms with Crippen LogP contribution in [-0.2, 0) is 6.42 Å². The molecule has 1 aromatic carbocycles. The number of hydrogen-bond donors (Lipinski definition) is 1. The van der Waals surface area contributed by atoms with Crippen molar-refractivity contribution in [2.45, 2.75) is 24.9 Å². The van der Waals surface area contributed by atoms with Crippen LogP contribution in [0.3, 0.4) is 0 Å². The summed E-state index contributed by atoms with van der Waals surface area (Å²) >= 11 is 0. The van der Waals surface area contributed by atoms with E-state index in [9.17, 15) is 5.11 Å². The van der Waals surface area contributed by atoms with E-state index in [0.717, 1.165) is 24.0 Å². The van der Waals surface area contributed by atoms with E-state index in [1.165, 1.54) is 5.56 Å². The normalized spacial score (nSPS) is 23.1. The van der Waals surface area contributed by atoms with Gasteiger partial charge in [-0.15, -0.1) is 0 Å². The lowest BCUT2D eigenvalue weighted by Gasteiger charge is -2.30. The molecule has 0 radical (unpaired) electrons. The SMILES string of the molecule is O[C@H]1c2ccccc2CC[C@H]1c1cccnc1. The Kier molecular flexibility index (Phi) is 2.65. The number of hydrogen-bond acceptors (Lipinski definition) is 2. The number of aliphatic hydroxyl groups excluding tert-OH is 1. The van der Waals surface area contributed by atoms with E-state index in [1.54, 1.807) is 6.20 Å². The fraction of sp³-hybridized carbons (Fsp3) is 0.267. The molecule has 1 heterocycles. The molecule has 0 fully saturated rings. The molecule has 86 valence electrons. The first kappa shape index (κ1) is 10.5. The molecule has 2 nitrogen and oxygen atoms in total. The minimum Gasteiger partial charge on any atom is -0.388 e. The van der Waals surface area contributed by atoms with Gasteiger partial charge in [0.1, 0.15) is 0 Å². The number of pyridine rings is 1. The summed E-state index contributed by atoms with van der Waals surface area (Å²) in [4.78, 5) is 4.14. The molecule has 1 aliphatic rings. The number of nitrogens with zero attached hydrogens (tertiary/aromatic N) is 1. The average Bonchev–Trinajstić information content (AvgIpc) is 2.40. The van der Waals surface area contributed by atoms with Gasteiger partial charge in [-0.25, -0.2) is 0 Å². The van der Waals surface area contributed by atoms with E-state index in [0.29, 0.717) is 0 Å². The zero-order valence-corrected chi connectivity index (χ0v) is 9.58. The van der Waals surface area contributed by atoms with Crippen molar-refractivity contribution in [1.29, 1.82) is 0 Å². The van der Waals surface area contributed by atoms with Gasteiger partial charge in [0.15, 0.2) is 0 Å². The van der Waals surface area contributed by atoms with E-state index >= 15 is 0 Å². The second-order valence-corrected chi connectivity index (χ2v) is 4.58. The van der Waals surface area contributed by atoms with Crippen LogP contribution in [0.4, 0.5) is 0 Å². The Morgan fingerprint density at radius 2 is 2.00 bits per heavy atom. The van der Waals surface area contributed by atoms with Gasteiger partial charge in [0, 0.05) is 18.3 Å². The highest BCUT2D eigenvalue weighted by Crippen LogP contribution is 2.40. The molecule has 0 aliphatic heterocycles. The minimum absolute atomic E-state index is 0.179. The van der Waals surface area contributed by atoms with Crippen LogP contribution in [-0.4, -0.2) is 10.1 Å². The van der Waals surface area contributed by atoms with Crippen molar-refractivity contribution < 1.29 is 5.11 Å². The molecule has 0 spiro atoms. The van der Waals surface area contributed by atoms with Crippen molar-refractivity contribution in [3.63, 3.8) is 0 Å². The molecule has 17 heavy (non-hydrogen) atoms. The first-order valence-corrected chi connectivity index (χ1v) is 6.02. The first-order valence-electron chi connectivity index (χ1n) is 6.02. The van der Waals surface area contributed by atoms with Crippen LogP contribution < -0.4 is 0 Å². The van der Waals surface area contributed by atoms with E-state index in [2.05, 4.69) is 17.1 Å². The van der Waals surface area contributed by atoms with Crippen molar-refractivity contribution in [2.24, 2.45) is 0 Å². The second-order valence-electron chi connectivity index (χ2n) is 4.58. The van der Waals surface area contributed by atoms with Crippen molar-refractivity contribution in [3.8, 4) is 0 Å². The summed E-state index contributed by atoms with van der Waals surface area (Å²) in [6, 6.07) is 12.2. The third-order valence-corrected chi connectivity index (χ3v) is 3.59. The van der Waals surface area contributed by atoms with Gasteiger partial charge >= 0.3 is 0 Å². The highest BCUT2D eigenvalue weighted by Gasteiger charge is 2.28. The number of fused-ring (bicyclic) bond motifs is 1. The van der Waals surface area contributed by atoms with Gasteiger partial charge in [0.25, 0.3) is 0 Å². The lowest BCUT2D eigenvalue weighted by atomic mass is 9.78. The Labute approximate surface area is 101 Å². The Bertz CT molecular complexity index is 509. The highest BCUT2D eigenvalue weighted by molar-refractivity contribution is 5.35. The predicted octanol–water partition coefficient (Wildman–Crippen LogP) is 2.85. The number of aromatic nitrogens is 1. The van der Waals surface area contributed by atoms with Crippen molar-refractivity contribution in [2.75, 3.05) is 0 Å². The summed E-state index contributed by atoms with van der Waals surface area (Å²) in [7, 11) is 0. The fourth-order valence-electron chi connectivity index (χ4n) is 2.68. The van der Waals surface area contributed by atoms with Crippen LogP contribution >= 0.6 is 0 Å². The van der Waals surface area contributed by atoms with Gasteiger partial charge in [-0.3, -0.25) is 4.98 Å². The highest BCUT2D eigenvalue weighted by atomic mass is 16.3. The Hall–Kier alpha value is -1.67. The van der Waals surface area contributed by atoms with Crippen LogP contribution in [0.1, 0.15) is 35.1 Å². The van der Waals surface area contributed by atoms with Crippen LogP contribution in [0.25, 0.3) is 0 Å². The topological polar surface area (TPSA) is 33.1 Å². The number of aryl methyl sites for hydroxylation is 1. The predicted molar refractivity (Wildman–Crippen MR) is 66.7 cm³/mol. The summed E-state index contributed by atoms with van der Waals surface area (Å²) in [6.07, 6.45) is 5.26. The van der Waals surface area contributed by atoms with Crippen LogP contribution in [0.5, 0.6) is 0 Å². The summed E-state index contributed by atoms with van der Waals surface area (Å²) in [5, 5.41) is 10.4. The van der Waals surface area contributed by atoms with Gasteiger partial charge in [0.2, 0.25) is 0 Å². The van der Waals surface area contributed by atoms with Gasteiger partial charge in [-0.05, 0) is 35.6 Å². The quantitative estimate of drug-likeness (QED) is 0.809. The number of benzene rings is 1. The van der Waals surface area contributed by atoms with Gasteiger partial charge in [-0.1, -0.05) is 30.3 Å². The first-order chi connectivity index (χ1) is 8.36. The van der Waals surface area contributed by atoms with Gasteiger partial charge < -0.3 is 5.11 Å². The molecule has 1 aliphatic carbocycles. The molecule has 0 unspecified atom stereocenters. The van der Waals surface area contributed by atoms with Crippen LogP contribution in [0.15, 0.2) is 48.8 Å². The third-order valence-electron chi connectivity index (χ3n) is 3.59. The summed E-state index contributed by atoms with van der Waals surface area (Å²) in [5.74, 6) is 0.179. The maximum Gasteiger partial charge on any atom is 0.0861 e. The van der Waals surface area contributed by atoms with Crippen LogP contribution in [0.2, 0.25) is 0 Å². The smallest absolute Gasteiger partial charge is 0.0861 e. The van der Waals surface area contributed by atoms with Crippen molar-refractivity contribution in [1.82, 2.24) is 4.98 Å². The maximum absolute atomic E-state index is 10.4. The Balaban J connectivity index is 1.97. The second kappa shape index (κ2) is 4.30. The molecule has 2 aromatic rings. The Morgan fingerprint density at radius 3 is 2.82 bits per heavy atom. The average molecular weight is 225 g/mol. The van der Waals surface area contributed by atoms with E-state index in [-0.39, 0.29) is 5.92 Å². The maximum atomic E-state index is 10.4. The minimum atomic E-state index is -0.399. The molecule has 2 heteroatoms. The van der Waals surface area contributed by atoms with Crippen LogP contribution in [0, 0.1) is 0 Å². The molecular weight excluding hydrogens is 210 g/mol. The number of rotatable bonds is 1. The monoisotopic (exact) mass is 225 g/mol. The standard InChI is InChI=1S/C15H15NO/c17-15-13-6-2-1-4-11(13)7-8-14(15)12-5-3-9-16-10-12/h1-6,9-10,14-15,17H,7-8H2/t14-,15-/m0/s1. The molecule has 0 saturated carbocycles. The summed E-state index contributed by atoms with van der Waals surface area (Å²) < 4.78 is 0. The molecule has 0 saturated heterocycles. The van der Waals surface area contributed by atoms with Crippen molar-refractivity contribution >= 4 is 0 Å². The van der Waals surface area contributed by atoms with E-state index in [4.69, 9.17) is 0 Å². The van der Waals surface area contributed by atoms with Gasteiger partial charge in [0.05, 0.1) is 6.10 Å². The van der Waals surface area contributed by atoms with Crippen molar-refractivity contribution in [3.05, 3.63) is 65.5 Å². The molecule has 0 amide bonds. The number of aliphatic hydroxyl groups is 1. The summed E-state index contributed by atoms with van der Waals surface area (Å²) in [5.41, 5.74) is 3.49. The fourth-order valence-corrected chi connectivity index (χ4v) is 2.68. The molecule has 1 aromatic heterocycles. The van der Waals surface area contributed by atoms with Gasteiger partial charge in [-0.2, -0.15) is 0 Å². The molecule has 2 atom stereocenters. The largest absolute Gasteiger partial charge is 0.388 e. The zero-order chi connectivity index (χ0) is 11.7. The molecule has 1 N–H and O–H groups in total. The molecule has 3 rings (SSSR count). The third kappa shape index (κ3) is 1.85. The molecule has 0 bridgehead atoms. The Morgan fingerprint density at radius 1 is 1.12 bits per heavy atom. The van der Waals surface area contributed by atoms with E-state index < -0.39 is 6.10 Å². The molecular formula is C15H15NO. The van der Waals surface area contributed by atoms with E-state index in [1.807, 2.05) is 30.5 Å². The lowest BCUT2D eigenvalue weighted by molar-refractivity contribution is 0.131. The zero-order valence-electron chi connectivity index (χ0n) is 9.58. The lowest BCUT2D eigenvalue weighted by Crippen LogP contribution is -2.18.